The van der Waals surface area contributed by atoms with E-state index in [2.05, 4.69) is 169 Å². The molecule has 8 aromatic carbocycles. The highest BCUT2D eigenvalue weighted by atomic mass is 16.3. The van der Waals surface area contributed by atoms with Gasteiger partial charge in [-0.2, -0.15) is 0 Å². The highest BCUT2D eigenvalue weighted by Gasteiger charge is 2.23. The minimum absolute atomic E-state index is 0.858. The second-order valence-electron chi connectivity index (χ2n) is 12.9. The summed E-state index contributed by atoms with van der Waals surface area (Å²) in [7, 11) is 0. The molecule has 0 atom stereocenters. The highest BCUT2D eigenvalue weighted by molar-refractivity contribution is 6.14. The fraction of sp³-hybridized carbons (Fsp3) is 0. The van der Waals surface area contributed by atoms with Crippen LogP contribution in [0.1, 0.15) is 0 Å². The van der Waals surface area contributed by atoms with Gasteiger partial charge in [0.25, 0.3) is 0 Å². The van der Waals surface area contributed by atoms with Crippen molar-refractivity contribution >= 4 is 60.9 Å². The maximum atomic E-state index is 6.42. The van der Waals surface area contributed by atoms with E-state index in [0.717, 1.165) is 88.8 Å². The van der Waals surface area contributed by atoms with Crippen molar-refractivity contribution in [1.29, 1.82) is 0 Å². The third-order valence-corrected chi connectivity index (χ3v) is 9.89. The van der Waals surface area contributed by atoms with Crippen molar-refractivity contribution in [2.75, 3.05) is 4.90 Å². The monoisotopic (exact) mass is 653 g/mol. The van der Waals surface area contributed by atoms with Crippen LogP contribution in [0, 0.1) is 0 Å². The van der Waals surface area contributed by atoms with E-state index in [9.17, 15) is 0 Å². The third kappa shape index (κ3) is 4.98. The third-order valence-electron chi connectivity index (χ3n) is 9.89. The van der Waals surface area contributed by atoms with Gasteiger partial charge in [-0.15, -0.1) is 0 Å². The van der Waals surface area contributed by atoms with Gasteiger partial charge in [0.05, 0.1) is 16.8 Å². The standard InChI is InChI=1S/C48H31NO2/c1-3-12-32(13-4-1)36-24-28-38(34-14-5-2-6-15-34)43(31-36)49(42-18-11-21-47-48(42)40-17-8-10-20-45(40)51-47)37-26-22-33(23-27-37)35-25-29-46-41(30-35)39-16-7-9-19-44(39)50-46/h1-31H. The van der Waals surface area contributed by atoms with E-state index in [1.807, 2.05) is 24.3 Å². The average Bonchev–Trinajstić information content (AvgIpc) is 3.77. The Hall–Kier alpha value is -6.84. The molecule has 0 aliphatic rings. The Morgan fingerprint density at radius 3 is 1.65 bits per heavy atom. The summed E-state index contributed by atoms with van der Waals surface area (Å²) in [4.78, 5) is 2.40. The minimum atomic E-state index is 0.858. The first-order chi connectivity index (χ1) is 25.3. The van der Waals surface area contributed by atoms with Crippen molar-refractivity contribution < 1.29 is 8.83 Å². The van der Waals surface area contributed by atoms with Crippen molar-refractivity contribution in [2.24, 2.45) is 0 Å². The summed E-state index contributed by atoms with van der Waals surface area (Å²) < 4.78 is 12.6. The Bertz CT molecular complexity index is 2850. The molecule has 0 spiro atoms. The van der Waals surface area contributed by atoms with Crippen LogP contribution in [0.3, 0.4) is 0 Å². The molecule has 0 fully saturated rings. The Labute approximate surface area is 295 Å². The van der Waals surface area contributed by atoms with Crippen LogP contribution >= 0.6 is 0 Å². The zero-order valence-electron chi connectivity index (χ0n) is 27.7. The first-order valence-corrected chi connectivity index (χ1v) is 17.3. The molecule has 2 heterocycles. The number of para-hydroxylation sites is 2. The summed E-state index contributed by atoms with van der Waals surface area (Å²) in [5.41, 5.74) is 13.6. The first kappa shape index (κ1) is 29.1. The van der Waals surface area contributed by atoms with Crippen LogP contribution in [0.15, 0.2) is 197 Å². The Morgan fingerprint density at radius 2 is 0.863 bits per heavy atom. The number of benzene rings is 8. The van der Waals surface area contributed by atoms with Crippen molar-refractivity contribution in [1.82, 2.24) is 0 Å². The van der Waals surface area contributed by atoms with Gasteiger partial charge >= 0.3 is 0 Å². The molecule has 0 aliphatic carbocycles. The maximum absolute atomic E-state index is 6.42. The van der Waals surface area contributed by atoms with Gasteiger partial charge in [-0.25, -0.2) is 0 Å². The van der Waals surface area contributed by atoms with Crippen molar-refractivity contribution in [3.05, 3.63) is 188 Å². The summed E-state index contributed by atoms with van der Waals surface area (Å²) in [6.45, 7) is 0. The van der Waals surface area contributed by atoms with E-state index in [0.29, 0.717) is 0 Å². The summed E-state index contributed by atoms with van der Waals surface area (Å²) in [5, 5.41) is 4.42. The van der Waals surface area contributed by atoms with E-state index in [1.165, 1.54) is 5.56 Å². The van der Waals surface area contributed by atoms with E-state index in [-0.39, 0.29) is 0 Å². The van der Waals surface area contributed by atoms with Crippen molar-refractivity contribution in [3.8, 4) is 33.4 Å². The van der Waals surface area contributed by atoms with Crippen LogP contribution in [-0.2, 0) is 0 Å². The molecule has 10 aromatic rings. The molecule has 51 heavy (non-hydrogen) atoms. The van der Waals surface area contributed by atoms with Crippen LogP contribution in [0.25, 0.3) is 77.3 Å². The molecule has 0 saturated heterocycles. The first-order valence-electron chi connectivity index (χ1n) is 17.3. The predicted octanol–water partition coefficient (Wildman–Crippen LogP) is 14.0. The fourth-order valence-electron chi connectivity index (χ4n) is 7.45. The molecule has 10 rings (SSSR count). The summed E-state index contributed by atoms with van der Waals surface area (Å²) in [6, 6.07) is 66.3. The van der Waals surface area contributed by atoms with Gasteiger partial charge < -0.3 is 13.7 Å². The smallest absolute Gasteiger partial charge is 0.137 e. The van der Waals surface area contributed by atoms with Gasteiger partial charge in [0.2, 0.25) is 0 Å². The normalized spacial score (nSPS) is 11.5. The topological polar surface area (TPSA) is 29.5 Å². The molecular formula is C48H31NO2. The number of nitrogens with zero attached hydrogens (tertiary/aromatic N) is 1. The lowest BCUT2D eigenvalue weighted by Crippen LogP contribution is -2.12. The largest absolute Gasteiger partial charge is 0.456 e. The lowest BCUT2D eigenvalue weighted by atomic mass is 9.96. The van der Waals surface area contributed by atoms with Gasteiger partial charge in [0.1, 0.15) is 22.3 Å². The zero-order chi connectivity index (χ0) is 33.7. The quantitative estimate of drug-likeness (QED) is 0.179. The van der Waals surface area contributed by atoms with Crippen LogP contribution in [0.2, 0.25) is 0 Å². The lowest BCUT2D eigenvalue weighted by Gasteiger charge is -2.29. The van der Waals surface area contributed by atoms with Gasteiger partial charge in [-0.1, -0.05) is 133 Å². The molecule has 240 valence electrons. The second kappa shape index (κ2) is 11.9. The average molecular weight is 654 g/mol. The SMILES string of the molecule is c1ccc(-c2ccc(-c3ccccc3)c(N(c3ccc(-c4ccc5oc6ccccc6c5c4)cc3)c3cccc4oc5ccccc5c34)c2)cc1. The molecule has 0 N–H and O–H groups in total. The van der Waals surface area contributed by atoms with E-state index in [1.54, 1.807) is 0 Å². The number of rotatable bonds is 6. The van der Waals surface area contributed by atoms with Crippen LogP contribution in [0.4, 0.5) is 17.1 Å². The van der Waals surface area contributed by atoms with Crippen molar-refractivity contribution in [2.45, 2.75) is 0 Å². The van der Waals surface area contributed by atoms with Crippen molar-refractivity contribution in [3.63, 3.8) is 0 Å². The molecule has 3 nitrogen and oxygen atoms in total. The Balaban J connectivity index is 1.20. The molecule has 3 heteroatoms. The van der Waals surface area contributed by atoms with Crippen LogP contribution < -0.4 is 4.90 Å². The van der Waals surface area contributed by atoms with Crippen LogP contribution in [-0.4, -0.2) is 0 Å². The summed E-state index contributed by atoms with van der Waals surface area (Å²) in [6.07, 6.45) is 0. The summed E-state index contributed by atoms with van der Waals surface area (Å²) in [5.74, 6) is 0. The molecule has 0 saturated carbocycles. The zero-order valence-corrected chi connectivity index (χ0v) is 27.7. The van der Waals surface area contributed by atoms with Gasteiger partial charge in [0.15, 0.2) is 0 Å². The highest BCUT2D eigenvalue weighted by Crippen LogP contribution is 2.47. The number of furan rings is 2. The van der Waals surface area contributed by atoms with Crippen LogP contribution in [0.5, 0.6) is 0 Å². The molecule has 0 radical (unpaired) electrons. The molecular weight excluding hydrogens is 623 g/mol. The van der Waals surface area contributed by atoms with E-state index < -0.39 is 0 Å². The minimum Gasteiger partial charge on any atom is -0.456 e. The predicted molar refractivity (Wildman–Crippen MR) is 212 cm³/mol. The molecule has 0 bridgehead atoms. The van der Waals surface area contributed by atoms with E-state index in [4.69, 9.17) is 8.83 Å². The lowest BCUT2D eigenvalue weighted by molar-refractivity contribution is 0.668. The Kier molecular flexibility index (Phi) is 6.81. The maximum Gasteiger partial charge on any atom is 0.137 e. The number of fused-ring (bicyclic) bond motifs is 6. The number of anilines is 3. The van der Waals surface area contributed by atoms with Gasteiger partial charge in [-0.3, -0.25) is 0 Å². The fourth-order valence-corrected chi connectivity index (χ4v) is 7.45. The molecule has 2 aromatic heterocycles. The Morgan fingerprint density at radius 1 is 0.314 bits per heavy atom. The summed E-state index contributed by atoms with van der Waals surface area (Å²) >= 11 is 0. The number of hydrogen-bond donors (Lipinski definition) is 0. The van der Waals surface area contributed by atoms with E-state index >= 15 is 0 Å². The molecule has 0 unspecified atom stereocenters. The van der Waals surface area contributed by atoms with Gasteiger partial charge in [0, 0.05) is 27.4 Å². The van der Waals surface area contributed by atoms with Gasteiger partial charge in [-0.05, 0) is 82.4 Å². The number of hydrogen-bond acceptors (Lipinski definition) is 3. The molecule has 0 aliphatic heterocycles. The molecule has 0 amide bonds. The second-order valence-corrected chi connectivity index (χ2v) is 12.9.